The summed E-state index contributed by atoms with van der Waals surface area (Å²) in [5, 5.41) is 0. The number of amides is 1. The summed E-state index contributed by atoms with van der Waals surface area (Å²) in [6, 6.07) is 8.18. The van der Waals surface area contributed by atoms with E-state index < -0.39 is 0 Å². The fourth-order valence-corrected chi connectivity index (χ4v) is 4.98. The number of methoxy groups -OCH3 is 1. The Kier molecular flexibility index (Phi) is 9.41. The second-order valence-electron chi connectivity index (χ2n) is 8.67. The predicted octanol–water partition coefficient (Wildman–Crippen LogP) is 3.65. The summed E-state index contributed by atoms with van der Waals surface area (Å²) in [5.74, 6) is 1.39. The maximum atomic E-state index is 12.5. The van der Waals surface area contributed by atoms with Crippen LogP contribution in [0.15, 0.2) is 41.6 Å². The van der Waals surface area contributed by atoms with Crippen LogP contribution in [0.2, 0.25) is 0 Å². The Hall–Kier alpha value is -2.29. The minimum Gasteiger partial charge on any atom is -0.497 e. The molecule has 1 aromatic carbocycles. The molecule has 1 aliphatic rings. The molecule has 0 radical (unpaired) electrons. The van der Waals surface area contributed by atoms with Gasteiger partial charge in [0.05, 0.1) is 13.7 Å². The van der Waals surface area contributed by atoms with E-state index in [1.807, 2.05) is 43.5 Å². The van der Waals surface area contributed by atoms with Crippen molar-refractivity contribution in [3.8, 4) is 5.75 Å². The molecular formula is C25H36N4O3S. The smallest absolute Gasteiger partial charge is 0.248 e. The van der Waals surface area contributed by atoms with Crippen molar-refractivity contribution in [2.45, 2.75) is 25.2 Å². The van der Waals surface area contributed by atoms with Crippen molar-refractivity contribution < 1.29 is 14.3 Å². The number of anilines is 1. The highest BCUT2D eigenvalue weighted by atomic mass is 32.2. The summed E-state index contributed by atoms with van der Waals surface area (Å²) >= 11 is 1.69. The van der Waals surface area contributed by atoms with Crippen LogP contribution in [0.25, 0.3) is 0 Å². The summed E-state index contributed by atoms with van der Waals surface area (Å²) in [7, 11) is 5.60. The third kappa shape index (κ3) is 7.35. The molecule has 0 saturated carbocycles. The number of carbonyl (C=O) groups is 1. The van der Waals surface area contributed by atoms with Gasteiger partial charge in [-0.3, -0.25) is 9.78 Å². The lowest BCUT2D eigenvalue weighted by atomic mass is 10.1. The van der Waals surface area contributed by atoms with Gasteiger partial charge in [-0.05, 0) is 80.6 Å². The molecule has 2 heterocycles. The predicted molar refractivity (Wildman–Crippen MR) is 134 cm³/mol. The summed E-state index contributed by atoms with van der Waals surface area (Å²) < 4.78 is 13.2. The molecule has 1 fully saturated rings. The summed E-state index contributed by atoms with van der Waals surface area (Å²) in [6.07, 6.45) is 4.74. The van der Waals surface area contributed by atoms with Crippen molar-refractivity contribution in [2.75, 3.05) is 65.5 Å². The highest BCUT2D eigenvalue weighted by Gasteiger charge is 2.25. The Morgan fingerprint density at radius 1 is 1.21 bits per heavy atom. The number of benzene rings is 1. The SMILES string of the molecule is COc1cc(C)c(SN(C)CCOCC(=O)N(C)CC2CCN(c3ccncc3)C2)c(C)c1. The van der Waals surface area contributed by atoms with Crippen LogP contribution in [-0.4, -0.2) is 80.7 Å². The number of carbonyl (C=O) groups excluding carboxylic acids is 1. The molecular weight excluding hydrogens is 436 g/mol. The highest BCUT2D eigenvalue weighted by molar-refractivity contribution is 7.97. The van der Waals surface area contributed by atoms with Crippen LogP contribution < -0.4 is 9.64 Å². The molecule has 180 valence electrons. The topological polar surface area (TPSA) is 58.1 Å². The van der Waals surface area contributed by atoms with Crippen LogP contribution in [0.1, 0.15) is 17.5 Å². The van der Waals surface area contributed by atoms with E-state index in [2.05, 4.69) is 40.2 Å². The second kappa shape index (κ2) is 12.3. The van der Waals surface area contributed by atoms with Crippen LogP contribution in [0, 0.1) is 19.8 Å². The summed E-state index contributed by atoms with van der Waals surface area (Å²) in [5.41, 5.74) is 3.58. The lowest BCUT2D eigenvalue weighted by Crippen LogP contribution is -2.36. The molecule has 0 aliphatic carbocycles. The van der Waals surface area contributed by atoms with E-state index in [1.165, 1.54) is 21.7 Å². The van der Waals surface area contributed by atoms with Crippen LogP contribution >= 0.6 is 11.9 Å². The first-order valence-corrected chi connectivity index (χ1v) is 12.2. The zero-order chi connectivity index (χ0) is 23.8. The van der Waals surface area contributed by atoms with Gasteiger partial charge in [0.1, 0.15) is 12.4 Å². The third-order valence-corrected chi connectivity index (χ3v) is 7.29. The molecule has 2 aromatic rings. The van der Waals surface area contributed by atoms with Gasteiger partial charge < -0.3 is 19.3 Å². The molecule has 0 bridgehead atoms. The lowest BCUT2D eigenvalue weighted by Gasteiger charge is -2.23. The molecule has 1 unspecified atom stereocenters. The van der Waals surface area contributed by atoms with Crippen molar-refractivity contribution in [2.24, 2.45) is 5.92 Å². The average molecular weight is 473 g/mol. The number of pyridine rings is 1. The number of ether oxygens (including phenoxy) is 2. The number of nitrogens with zero attached hydrogens (tertiary/aromatic N) is 4. The zero-order valence-electron chi connectivity index (χ0n) is 20.4. The van der Waals surface area contributed by atoms with Gasteiger partial charge in [0.15, 0.2) is 0 Å². The van der Waals surface area contributed by atoms with E-state index in [1.54, 1.807) is 19.1 Å². The van der Waals surface area contributed by atoms with E-state index in [9.17, 15) is 4.79 Å². The van der Waals surface area contributed by atoms with Crippen LogP contribution in [0.5, 0.6) is 5.75 Å². The summed E-state index contributed by atoms with van der Waals surface area (Å²) in [6.45, 7) is 8.30. The first-order valence-electron chi connectivity index (χ1n) is 11.4. The largest absolute Gasteiger partial charge is 0.497 e. The molecule has 8 heteroatoms. The molecule has 33 heavy (non-hydrogen) atoms. The standard InChI is InChI=1S/C25H36N4O3S/c1-19-14-23(31-5)15-20(2)25(19)33-28(4)12-13-32-18-24(30)27(3)16-21-8-11-29(17-21)22-6-9-26-10-7-22/h6-7,9-10,14-15,21H,8,11-13,16-18H2,1-5H3. The van der Waals surface area contributed by atoms with Gasteiger partial charge in [-0.2, -0.15) is 0 Å². The molecule has 7 nitrogen and oxygen atoms in total. The molecule has 0 spiro atoms. The van der Waals surface area contributed by atoms with Gasteiger partial charge in [-0.25, -0.2) is 4.31 Å². The number of hydrogen-bond acceptors (Lipinski definition) is 7. The van der Waals surface area contributed by atoms with Gasteiger partial charge in [0.2, 0.25) is 5.91 Å². The van der Waals surface area contributed by atoms with Gasteiger partial charge >= 0.3 is 0 Å². The zero-order valence-corrected chi connectivity index (χ0v) is 21.2. The van der Waals surface area contributed by atoms with Crippen molar-refractivity contribution in [1.82, 2.24) is 14.2 Å². The van der Waals surface area contributed by atoms with Gasteiger partial charge in [-0.15, -0.1) is 0 Å². The van der Waals surface area contributed by atoms with E-state index in [4.69, 9.17) is 9.47 Å². The molecule has 0 N–H and O–H groups in total. The number of rotatable bonds is 11. The van der Waals surface area contributed by atoms with Gasteiger partial charge in [0, 0.05) is 56.2 Å². The van der Waals surface area contributed by atoms with Gasteiger partial charge in [-0.1, -0.05) is 0 Å². The normalized spacial score (nSPS) is 15.8. The first kappa shape index (κ1) is 25.3. The maximum absolute atomic E-state index is 12.5. The lowest BCUT2D eigenvalue weighted by molar-refractivity contribution is -0.135. The van der Waals surface area contributed by atoms with Gasteiger partial charge in [0.25, 0.3) is 0 Å². The fourth-order valence-electron chi connectivity index (χ4n) is 4.10. The monoisotopic (exact) mass is 472 g/mol. The summed E-state index contributed by atoms with van der Waals surface area (Å²) in [4.78, 5) is 22.0. The minimum absolute atomic E-state index is 0.0366. The Labute approximate surface area is 202 Å². The number of aromatic nitrogens is 1. The molecule has 1 amide bonds. The number of likely N-dealkylation sites (N-methyl/N-ethyl adjacent to an activating group) is 2. The molecule has 3 rings (SSSR count). The Morgan fingerprint density at radius 3 is 2.58 bits per heavy atom. The van der Waals surface area contributed by atoms with Crippen molar-refractivity contribution in [3.63, 3.8) is 0 Å². The van der Waals surface area contributed by atoms with E-state index in [0.717, 1.165) is 38.3 Å². The van der Waals surface area contributed by atoms with Crippen molar-refractivity contribution >= 4 is 23.5 Å². The Bertz CT molecular complexity index is 889. The second-order valence-corrected chi connectivity index (χ2v) is 9.88. The van der Waals surface area contributed by atoms with Crippen LogP contribution in [0.4, 0.5) is 5.69 Å². The molecule has 1 aromatic heterocycles. The third-order valence-electron chi connectivity index (χ3n) is 5.96. The highest BCUT2D eigenvalue weighted by Crippen LogP contribution is 2.31. The molecule has 1 atom stereocenters. The fraction of sp³-hybridized carbons (Fsp3) is 0.520. The number of aryl methyl sites for hydroxylation is 2. The van der Waals surface area contributed by atoms with E-state index >= 15 is 0 Å². The molecule has 1 aliphatic heterocycles. The van der Waals surface area contributed by atoms with Crippen LogP contribution in [0.3, 0.4) is 0 Å². The quantitative estimate of drug-likeness (QED) is 0.365. The number of hydrogen-bond donors (Lipinski definition) is 0. The van der Waals surface area contributed by atoms with E-state index in [-0.39, 0.29) is 12.5 Å². The van der Waals surface area contributed by atoms with Crippen molar-refractivity contribution in [3.05, 3.63) is 47.8 Å². The Morgan fingerprint density at radius 2 is 1.91 bits per heavy atom. The minimum atomic E-state index is 0.0366. The van der Waals surface area contributed by atoms with Crippen molar-refractivity contribution in [1.29, 1.82) is 0 Å². The Balaban J connectivity index is 1.35. The maximum Gasteiger partial charge on any atom is 0.248 e. The average Bonchev–Trinajstić information content (AvgIpc) is 3.27. The van der Waals surface area contributed by atoms with E-state index in [0.29, 0.717) is 12.5 Å². The molecule has 1 saturated heterocycles. The van der Waals surface area contributed by atoms with Crippen LogP contribution in [-0.2, 0) is 9.53 Å². The first-order chi connectivity index (χ1) is 15.9.